The Bertz CT molecular complexity index is 161. The summed E-state index contributed by atoms with van der Waals surface area (Å²) in [6.45, 7) is 0.745. The normalized spacial score (nSPS) is 33.6. The predicted molar refractivity (Wildman–Crippen MR) is 40.9 cm³/mol. The van der Waals surface area contributed by atoms with Crippen molar-refractivity contribution in [2.24, 2.45) is 5.73 Å². The van der Waals surface area contributed by atoms with Crippen molar-refractivity contribution in [3.63, 3.8) is 0 Å². The van der Waals surface area contributed by atoms with Gasteiger partial charge in [-0.05, 0) is 19.9 Å². The minimum atomic E-state index is -0.358. The van der Waals surface area contributed by atoms with Crippen LogP contribution >= 0.6 is 0 Å². The summed E-state index contributed by atoms with van der Waals surface area (Å²) in [7, 11) is 1.85. The molecule has 2 atom stereocenters. The molecule has 4 heteroatoms. The number of aliphatic hydroxyl groups is 1. The molecule has 0 spiro atoms. The van der Waals surface area contributed by atoms with Crippen molar-refractivity contribution in [1.29, 1.82) is 0 Å². The average Bonchev–Trinajstić information content (AvgIpc) is 1.94. The highest BCUT2D eigenvalue weighted by Crippen LogP contribution is 2.14. The van der Waals surface area contributed by atoms with Gasteiger partial charge in [0, 0.05) is 6.54 Å². The van der Waals surface area contributed by atoms with Gasteiger partial charge in [0.1, 0.15) is 0 Å². The molecular weight excluding hydrogens is 144 g/mol. The fourth-order valence-electron chi connectivity index (χ4n) is 1.40. The molecule has 0 saturated carbocycles. The summed E-state index contributed by atoms with van der Waals surface area (Å²) in [4.78, 5) is 12.7. The maximum absolute atomic E-state index is 10.8. The number of hydrogen-bond donors (Lipinski definition) is 2. The number of nitrogens with zero attached hydrogens (tertiary/aromatic N) is 1. The van der Waals surface area contributed by atoms with Crippen LogP contribution in [0.1, 0.15) is 12.8 Å². The van der Waals surface area contributed by atoms with E-state index >= 15 is 0 Å². The molecule has 0 aromatic heterocycles. The average molecular weight is 158 g/mol. The number of likely N-dealkylation sites (tertiary alicyclic amines) is 1. The first kappa shape index (κ1) is 8.49. The Balaban J connectivity index is 2.54. The molecule has 1 rings (SSSR count). The summed E-state index contributed by atoms with van der Waals surface area (Å²) >= 11 is 0. The largest absolute Gasteiger partial charge is 0.393 e. The molecule has 4 nitrogen and oxygen atoms in total. The van der Waals surface area contributed by atoms with E-state index in [-0.39, 0.29) is 18.1 Å². The molecule has 11 heavy (non-hydrogen) atoms. The lowest BCUT2D eigenvalue weighted by molar-refractivity contribution is -0.125. The first-order chi connectivity index (χ1) is 5.11. The zero-order valence-electron chi connectivity index (χ0n) is 6.66. The molecule has 1 aliphatic heterocycles. The van der Waals surface area contributed by atoms with Crippen LogP contribution in [0.25, 0.3) is 0 Å². The van der Waals surface area contributed by atoms with E-state index in [0.717, 1.165) is 13.0 Å². The standard InChI is InChI=1S/C7H14N2O2/c1-9-3-2-5(10)4-6(9)7(8)11/h5-6,10H,2-4H2,1H3,(H2,8,11)/t5-,6+/m0/s1. The van der Waals surface area contributed by atoms with Crippen molar-refractivity contribution >= 4 is 5.91 Å². The number of hydrogen-bond acceptors (Lipinski definition) is 3. The molecule has 1 heterocycles. The van der Waals surface area contributed by atoms with Crippen LogP contribution in [0.15, 0.2) is 0 Å². The fraction of sp³-hybridized carbons (Fsp3) is 0.857. The topological polar surface area (TPSA) is 66.6 Å². The number of carbonyl (C=O) groups excluding carboxylic acids is 1. The van der Waals surface area contributed by atoms with Gasteiger partial charge in [-0.1, -0.05) is 0 Å². The molecule has 1 fully saturated rings. The lowest BCUT2D eigenvalue weighted by Gasteiger charge is -2.32. The van der Waals surface area contributed by atoms with Crippen molar-refractivity contribution in [3.05, 3.63) is 0 Å². The summed E-state index contributed by atoms with van der Waals surface area (Å²) in [6.07, 6.45) is 0.857. The predicted octanol–water partition coefficient (Wildman–Crippen LogP) is -1.07. The van der Waals surface area contributed by atoms with Gasteiger partial charge in [0.05, 0.1) is 12.1 Å². The first-order valence-electron chi connectivity index (χ1n) is 3.79. The Kier molecular flexibility index (Phi) is 2.46. The summed E-state index contributed by atoms with van der Waals surface area (Å²) in [5.74, 6) is -0.341. The van der Waals surface area contributed by atoms with Crippen molar-refractivity contribution < 1.29 is 9.90 Å². The van der Waals surface area contributed by atoms with Gasteiger partial charge in [0.15, 0.2) is 0 Å². The van der Waals surface area contributed by atoms with Crippen LogP contribution in [-0.4, -0.2) is 41.7 Å². The van der Waals surface area contributed by atoms with Crippen LogP contribution < -0.4 is 5.73 Å². The molecule has 0 aliphatic carbocycles. The van der Waals surface area contributed by atoms with Gasteiger partial charge >= 0.3 is 0 Å². The molecule has 0 aromatic rings. The number of primary amides is 1. The molecule has 1 saturated heterocycles. The van der Waals surface area contributed by atoms with Crippen molar-refractivity contribution in [3.8, 4) is 0 Å². The van der Waals surface area contributed by atoms with Gasteiger partial charge in [-0.15, -0.1) is 0 Å². The van der Waals surface area contributed by atoms with E-state index in [1.165, 1.54) is 0 Å². The molecule has 0 unspecified atom stereocenters. The number of nitrogens with two attached hydrogens (primary N) is 1. The highest BCUT2D eigenvalue weighted by atomic mass is 16.3. The number of aliphatic hydroxyl groups excluding tert-OH is 1. The minimum Gasteiger partial charge on any atom is -0.393 e. The van der Waals surface area contributed by atoms with Gasteiger partial charge < -0.3 is 10.8 Å². The fourth-order valence-corrected chi connectivity index (χ4v) is 1.40. The zero-order valence-corrected chi connectivity index (χ0v) is 6.66. The maximum Gasteiger partial charge on any atom is 0.234 e. The number of likely N-dealkylation sites (N-methyl/N-ethyl adjacent to an activating group) is 1. The van der Waals surface area contributed by atoms with Gasteiger partial charge in [0.2, 0.25) is 5.91 Å². The van der Waals surface area contributed by atoms with Gasteiger partial charge in [-0.3, -0.25) is 9.69 Å². The molecule has 0 aromatic carbocycles. The van der Waals surface area contributed by atoms with E-state index in [2.05, 4.69) is 0 Å². The highest BCUT2D eigenvalue weighted by molar-refractivity contribution is 5.79. The molecular formula is C7H14N2O2. The number of amides is 1. The minimum absolute atomic E-state index is 0.279. The Labute approximate surface area is 66.0 Å². The summed E-state index contributed by atoms with van der Waals surface area (Å²) in [6, 6.07) is -0.279. The summed E-state index contributed by atoms with van der Waals surface area (Å²) < 4.78 is 0. The van der Waals surface area contributed by atoms with E-state index < -0.39 is 0 Å². The van der Waals surface area contributed by atoms with Gasteiger partial charge in [0.25, 0.3) is 0 Å². The Morgan fingerprint density at radius 1 is 1.73 bits per heavy atom. The second-order valence-corrected chi connectivity index (χ2v) is 3.08. The van der Waals surface area contributed by atoms with Crippen LogP contribution in [0.5, 0.6) is 0 Å². The quantitative estimate of drug-likeness (QED) is 0.510. The lowest BCUT2D eigenvalue weighted by atomic mass is 10.00. The van der Waals surface area contributed by atoms with E-state index in [1.807, 2.05) is 11.9 Å². The molecule has 64 valence electrons. The first-order valence-corrected chi connectivity index (χ1v) is 3.79. The number of rotatable bonds is 1. The third kappa shape index (κ3) is 1.91. The maximum atomic E-state index is 10.8. The van der Waals surface area contributed by atoms with Crippen LogP contribution in [0.2, 0.25) is 0 Å². The third-order valence-corrected chi connectivity index (χ3v) is 2.17. The van der Waals surface area contributed by atoms with E-state index in [4.69, 9.17) is 5.73 Å². The van der Waals surface area contributed by atoms with E-state index in [9.17, 15) is 9.90 Å². The third-order valence-electron chi connectivity index (χ3n) is 2.17. The van der Waals surface area contributed by atoms with Crippen LogP contribution in [0, 0.1) is 0 Å². The lowest BCUT2D eigenvalue weighted by Crippen LogP contribution is -2.49. The van der Waals surface area contributed by atoms with Gasteiger partial charge in [-0.25, -0.2) is 0 Å². The smallest absolute Gasteiger partial charge is 0.234 e. The second-order valence-electron chi connectivity index (χ2n) is 3.08. The highest BCUT2D eigenvalue weighted by Gasteiger charge is 2.28. The number of piperidine rings is 1. The van der Waals surface area contributed by atoms with Crippen LogP contribution in [0.3, 0.4) is 0 Å². The molecule has 1 amide bonds. The van der Waals surface area contributed by atoms with Crippen LogP contribution in [0.4, 0.5) is 0 Å². The van der Waals surface area contributed by atoms with Gasteiger partial charge in [-0.2, -0.15) is 0 Å². The molecule has 0 bridgehead atoms. The summed E-state index contributed by atoms with van der Waals surface area (Å²) in [5, 5.41) is 9.21. The number of carbonyl (C=O) groups is 1. The van der Waals surface area contributed by atoms with Crippen molar-refractivity contribution in [2.75, 3.05) is 13.6 Å². The van der Waals surface area contributed by atoms with E-state index in [1.54, 1.807) is 0 Å². The van der Waals surface area contributed by atoms with Crippen molar-refractivity contribution in [1.82, 2.24) is 4.90 Å². The SMILES string of the molecule is CN1CC[C@H](O)C[C@@H]1C(N)=O. The Hall–Kier alpha value is -0.610. The Morgan fingerprint density at radius 2 is 2.36 bits per heavy atom. The summed E-state index contributed by atoms with van der Waals surface area (Å²) in [5.41, 5.74) is 5.13. The van der Waals surface area contributed by atoms with Crippen molar-refractivity contribution in [2.45, 2.75) is 25.0 Å². The second kappa shape index (κ2) is 3.19. The van der Waals surface area contributed by atoms with E-state index in [0.29, 0.717) is 6.42 Å². The molecule has 0 radical (unpaired) electrons. The van der Waals surface area contributed by atoms with Crippen LogP contribution in [-0.2, 0) is 4.79 Å². The zero-order chi connectivity index (χ0) is 8.43. The monoisotopic (exact) mass is 158 g/mol. The molecule has 3 N–H and O–H groups in total. The Morgan fingerprint density at radius 3 is 2.82 bits per heavy atom. The molecule has 1 aliphatic rings.